The quantitative estimate of drug-likeness (QED) is 0.668. The van der Waals surface area contributed by atoms with E-state index in [0.717, 1.165) is 21.7 Å². The van der Waals surface area contributed by atoms with Gasteiger partial charge in [0.25, 0.3) is 0 Å². The number of amides is 2. The standard InChI is InChI=1S/C21H20N2O3S/c1-14-7-8-19(27-14)15-11-16-13-23(9-10-26-20(16)18(24)12-15)21(25)22-17-5-3-2-4-6-17/h2-8,11-12,24H,9-10,13H2,1H3,(H,22,25). The van der Waals surface area contributed by atoms with E-state index in [1.807, 2.05) is 42.5 Å². The summed E-state index contributed by atoms with van der Waals surface area (Å²) in [5, 5.41) is 13.4. The third-order valence-electron chi connectivity index (χ3n) is 4.45. The lowest BCUT2D eigenvalue weighted by atomic mass is 10.1. The molecule has 1 aromatic heterocycles. The monoisotopic (exact) mass is 380 g/mol. The fourth-order valence-electron chi connectivity index (χ4n) is 3.13. The van der Waals surface area contributed by atoms with E-state index in [1.165, 1.54) is 4.88 Å². The van der Waals surface area contributed by atoms with Gasteiger partial charge in [0.2, 0.25) is 0 Å². The van der Waals surface area contributed by atoms with Crippen LogP contribution in [-0.4, -0.2) is 29.2 Å². The summed E-state index contributed by atoms with van der Waals surface area (Å²) in [5.41, 5.74) is 2.48. The largest absolute Gasteiger partial charge is 0.504 e. The fourth-order valence-corrected chi connectivity index (χ4v) is 3.98. The summed E-state index contributed by atoms with van der Waals surface area (Å²) in [4.78, 5) is 16.7. The lowest BCUT2D eigenvalue weighted by Crippen LogP contribution is -2.36. The molecule has 27 heavy (non-hydrogen) atoms. The maximum atomic E-state index is 12.7. The molecular formula is C21H20N2O3S. The number of phenols is 1. The minimum Gasteiger partial charge on any atom is -0.504 e. The number of phenolic OH excluding ortho intramolecular Hbond substituents is 1. The molecular weight excluding hydrogens is 360 g/mol. The lowest BCUT2D eigenvalue weighted by Gasteiger charge is -2.20. The molecule has 2 aromatic carbocycles. The van der Waals surface area contributed by atoms with Crippen LogP contribution >= 0.6 is 11.3 Å². The third-order valence-corrected chi connectivity index (χ3v) is 5.50. The van der Waals surface area contributed by atoms with Crippen molar-refractivity contribution in [1.82, 2.24) is 4.90 Å². The highest BCUT2D eigenvalue weighted by Crippen LogP contribution is 2.39. The molecule has 0 fully saturated rings. The summed E-state index contributed by atoms with van der Waals surface area (Å²) in [5.74, 6) is 0.570. The number of thiophene rings is 1. The van der Waals surface area contributed by atoms with Crippen molar-refractivity contribution in [2.75, 3.05) is 18.5 Å². The van der Waals surface area contributed by atoms with Crippen LogP contribution < -0.4 is 10.1 Å². The molecule has 0 saturated carbocycles. The van der Waals surface area contributed by atoms with E-state index in [4.69, 9.17) is 4.74 Å². The first-order valence-electron chi connectivity index (χ1n) is 8.76. The molecule has 1 aliphatic heterocycles. The van der Waals surface area contributed by atoms with E-state index in [-0.39, 0.29) is 11.8 Å². The average molecular weight is 380 g/mol. The van der Waals surface area contributed by atoms with Gasteiger partial charge in [0, 0.05) is 21.0 Å². The molecule has 3 aromatic rings. The van der Waals surface area contributed by atoms with E-state index in [9.17, 15) is 9.90 Å². The summed E-state index contributed by atoms with van der Waals surface area (Å²) < 4.78 is 5.74. The number of rotatable bonds is 2. The summed E-state index contributed by atoms with van der Waals surface area (Å²) >= 11 is 1.67. The molecule has 6 heteroatoms. The van der Waals surface area contributed by atoms with Crippen molar-refractivity contribution in [3.8, 4) is 21.9 Å². The van der Waals surface area contributed by atoms with E-state index in [0.29, 0.717) is 25.4 Å². The summed E-state index contributed by atoms with van der Waals surface area (Å²) in [6.07, 6.45) is 0. The molecule has 4 rings (SSSR count). The molecule has 0 unspecified atom stereocenters. The number of carbonyl (C=O) groups is 1. The Morgan fingerprint density at radius 3 is 2.74 bits per heavy atom. The average Bonchev–Trinajstić information content (AvgIpc) is 2.97. The smallest absolute Gasteiger partial charge is 0.322 e. The predicted octanol–water partition coefficient (Wildman–Crippen LogP) is 4.86. The first-order chi connectivity index (χ1) is 13.1. The highest BCUT2D eigenvalue weighted by Gasteiger charge is 2.23. The number of nitrogens with one attached hydrogen (secondary N) is 1. The number of aryl methyl sites for hydroxylation is 1. The zero-order chi connectivity index (χ0) is 18.8. The zero-order valence-electron chi connectivity index (χ0n) is 14.9. The second kappa shape index (κ2) is 7.32. The van der Waals surface area contributed by atoms with Crippen molar-refractivity contribution in [3.05, 3.63) is 65.0 Å². The third kappa shape index (κ3) is 3.75. The molecule has 0 radical (unpaired) electrons. The van der Waals surface area contributed by atoms with Crippen LogP contribution in [0.5, 0.6) is 11.5 Å². The normalized spacial score (nSPS) is 13.4. The van der Waals surface area contributed by atoms with E-state index >= 15 is 0 Å². The van der Waals surface area contributed by atoms with Crippen LogP contribution in [0.15, 0.2) is 54.6 Å². The van der Waals surface area contributed by atoms with Crippen LogP contribution in [0.3, 0.4) is 0 Å². The van der Waals surface area contributed by atoms with Crippen LogP contribution in [0.25, 0.3) is 10.4 Å². The van der Waals surface area contributed by atoms with E-state index in [1.54, 1.807) is 22.3 Å². The molecule has 2 heterocycles. The number of urea groups is 1. The van der Waals surface area contributed by atoms with Gasteiger partial charge in [-0.2, -0.15) is 0 Å². The van der Waals surface area contributed by atoms with Gasteiger partial charge >= 0.3 is 6.03 Å². The van der Waals surface area contributed by atoms with Gasteiger partial charge < -0.3 is 20.1 Å². The highest BCUT2D eigenvalue weighted by molar-refractivity contribution is 7.15. The molecule has 0 bridgehead atoms. The fraction of sp³-hybridized carbons (Fsp3) is 0.190. The van der Waals surface area contributed by atoms with E-state index < -0.39 is 0 Å². The number of benzene rings is 2. The van der Waals surface area contributed by atoms with Crippen LogP contribution in [-0.2, 0) is 6.54 Å². The second-order valence-corrected chi connectivity index (χ2v) is 7.75. The Morgan fingerprint density at radius 1 is 1.19 bits per heavy atom. The van der Waals surface area contributed by atoms with Gasteiger partial charge in [-0.05, 0) is 48.9 Å². The maximum Gasteiger partial charge on any atom is 0.322 e. The molecule has 138 valence electrons. The number of hydrogen-bond donors (Lipinski definition) is 2. The maximum absolute atomic E-state index is 12.7. The Hall–Kier alpha value is -2.99. The molecule has 1 aliphatic rings. The topological polar surface area (TPSA) is 61.8 Å². The van der Waals surface area contributed by atoms with Gasteiger partial charge in [0.1, 0.15) is 6.61 Å². The van der Waals surface area contributed by atoms with Crippen molar-refractivity contribution in [2.45, 2.75) is 13.5 Å². The molecule has 5 nitrogen and oxygen atoms in total. The Labute approximate surface area is 161 Å². The van der Waals surface area contributed by atoms with Gasteiger partial charge in [0.15, 0.2) is 11.5 Å². The number of anilines is 1. The predicted molar refractivity (Wildman–Crippen MR) is 108 cm³/mol. The molecule has 0 spiro atoms. The first-order valence-corrected chi connectivity index (χ1v) is 9.58. The number of fused-ring (bicyclic) bond motifs is 1. The zero-order valence-corrected chi connectivity index (χ0v) is 15.8. The van der Waals surface area contributed by atoms with Crippen molar-refractivity contribution in [3.63, 3.8) is 0 Å². The Morgan fingerprint density at radius 2 is 2.00 bits per heavy atom. The Kier molecular flexibility index (Phi) is 4.73. The van der Waals surface area contributed by atoms with Crippen LogP contribution in [0, 0.1) is 6.92 Å². The molecule has 0 aliphatic carbocycles. The van der Waals surface area contributed by atoms with Crippen molar-refractivity contribution in [1.29, 1.82) is 0 Å². The molecule has 2 amide bonds. The lowest BCUT2D eigenvalue weighted by molar-refractivity contribution is 0.200. The van der Waals surface area contributed by atoms with Crippen molar-refractivity contribution >= 4 is 23.1 Å². The highest BCUT2D eigenvalue weighted by atomic mass is 32.1. The number of hydrogen-bond acceptors (Lipinski definition) is 4. The van der Waals surface area contributed by atoms with E-state index in [2.05, 4.69) is 18.3 Å². The number of aromatic hydroxyl groups is 1. The summed E-state index contributed by atoms with van der Waals surface area (Å²) in [6, 6.07) is 17.0. The Balaban J connectivity index is 1.60. The van der Waals surface area contributed by atoms with Crippen molar-refractivity contribution in [2.24, 2.45) is 0 Å². The van der Waals surface area contributed by atoms with Gasteiger partial charge in [-0.15, -0.1) is 11.3 Å². The first kappa shape index (κ1) is 17.4. The minimum absolute atomic E-state index is 0.110. The van der Waals surface area contributed by atoms with Gasteiger partial charge in [-0.25, -0.2) is 4.79 Å². The van der Waals surface area contributed by atoms with Gasteiger partial charge in [0.05, 0.1) is 13.1 Å². The number of nitrogens with zero attached hydrogens (tertiary/aromatic N) is 1. The Bertz CT molecular complexity index is 969. The number of ether oxygens (including phenoxy) is 1. The van der Waals surface area contributed by atoms with Gasteiger partial charge in [-0.3, -0.25) is 0 Å². The second-order valence-electron chi connectivity index (χ2n) is 6.46. The van der Waals surface area contributed by atoms with Crippen LogP contribution in [0.4, 0.5) is 10.5 Å². The van der Waals surface area contributed by atoms with Gasteiger partial charge in [-0.1, -0.05) is 18.2 Å². The molecule has 0 saturated heterocycles. The molecule has 0 atom stereocenters. The SMILES string of the molecule is Cc1ccc(-c2cc(O)c3c(c2)CN(C(=O)Nc2ccccc2)CCO3)s1. The van der Waals surface area contributed by atoms with Crippen LogP contribution in [0.1, 0.15) is 10.4 Å². The molecule has 2 N–H and O–H groups in total. The van der Waals surface area contributed by atoms with Crippen LogP contribution in [0.2, 0.25) is 0 Å². The van der Waals surface area contributed by atoms with Crippen molar-refractivity contribution < 1.29 is 14.6 Å². The minimum atomic E-state index is -0.186. The summed E-state index contributed by atoms with van der Waals surface area (Å²) in [6.45, 7) is 3.20. The number of para-hydroxylation sites is 1. The number of carbonyl (C=O) groups excluding carboxylic acids is 1. The summed E-state index contributed by atoms with van der Waals surface area (Å²) in [7, 11) is 0.